The fourth-order valence-corrected chi connectivity index (χ4v) is 1.24. The van der Waals surface area contributed by atoms with E-state index in [0.717, 1.165) is 11.3 Å². The largest absolute Gasteiger partial charge is 0.261 e. The second-order valence-corrected chi connectivity index (χ2v) is 3.04. The van der Waals surface area contributed by atoms with Crippen LogP contribution in [0.15, 0.2) is 41.9 Å². The number of allylic oxidation sites excluding steroid dienone is 2. The SMILES string of the molecule is C=C/C=C\c1cc(C)ccc1N=CC. The van der Waals surface area contributed by atoms with Gasteiger partial charge in [0.05, 0.1) is 5.69 Å². The molecule has 0 radical (unpaired) electrons. The van der Waals surface area contributed by atoms with E-state index in [9.17, 15) is 0 Å². The second kappa shape index (κ2) is 5.18. The Labute approximate surface area is 85.5 Å². The minimum atomic E-state index is 0.996. The van der Waals surface area contributed by atoms with Gasteiger partial charge in [-0.1, -0.05) is 36.4 Å². The first-order valence-corrected chi connectivity index (χ1v) is 4.66. The maximum atomic E-state index is 4.29. The standard InChI is InChI=1S/C13H15N/c1-4-6-7-12-10-11(3)8-9-13(12)14-5-2/h4-10H,1H2,2-3H3/b7-6-,14-5?. The first-order valence-electron chi connectivity index (χ1n) is 4.66. The predicted octanol–water partition coefficient (Wildman–Crippen LogP) is 3.92. The van der Waals surface area contributed by atoms with Gasteiger partial charge in [0.2, 0.25) is 0 Å². The Morgan fingerprint density at radius 1 is 1.36 bits per heavy atom. The summed E-state index contributed by atoms with van der Waals surface area (Å²) in [7, 11) is 0. The van der Waals surface area contributed by atoms with Gasteiger partial charge < -0.3 is 0 Å². The lowest BCUT2D eigenvalue weighted by molar-refractivity contribution is 1.42. The van der Waals surface area contributed by atoms with Crippen LogP contribution in [0.5, 0.6) is 0 Å². The van der Waals surface area contributed by atoms with Crippen LogP contribution >= 0.6 is 0 Å². The van der Waals surface area contributed by atoms with Gasteiger partial charge in [0.15, 0.2) is 0 Å². The quantitative estimate of drug-likeness (QED) is 0.500. The number of benzene rings is 1. The summed E-state index contributed by atoms with van der Waals surface area (Å²) >= 11 is 0. The highest BCUT2D eigenvalue weighted by molar-refractivity contribution is 5.70. The van der Waals surface area contributed by atoms with Crippen molar-refractivity contribution < 1.29 is 0 Å². The van der Waals surface area contributed by atoms with E-state index < -0.39 is 0 Å². The first kappa shape index (κ1) is 10.5. The fraction of sp³-hybridized carbons (Fsp3) is 0.154. The van der Waals surface area contributed by atoms with Crippen molar-refractivity contribution in [1.82, 2.24) is 0 Å². The lowest BCUT2D eigenvalue weighted by atomic mass is 10.1. The zero-order chi connectivity index (χ0) is 10.4. The second-order valence-electron chi connectivity index (χ2n) is 3.04. The van der Waals surface area contributed by atoms with Gasteiger partial charge in [-0.15, -0.1) is 0 Å². The molecule has 0 heterocycles. The van der Waals surface area contributed by atoms with E-state index in [0.29, 0.717) is 0 Å². The molecule has 1 aromatic rings. The van der Waals surface area contributed by atoms with Crippen LogP contribution in [0.4, 0.5) is 5.69 Å². The van der Waals surface area contributed by atoms with E-state index in [1.165, 1.54) is 5.56 Å². The molecule has 0 atom stereocenters. The van der Waals surface area contributed by atoms with Gasteiger partial charge in [-0.25, -0.2) is 0 Å². The van der Waals surface area contributed by atoms with Crippen molar-refractivity contribution in [2.75, 3.05) is 0 Å². The smallest absolute Gasteiger partial charge is 0.0698 e. The molecule has 1 rings (SSSR count). The summed E-state index contributed by atoms with van der Waals surface area (Å²) < 4.78 is 0. The number of hydrogen-bond donors (Lipinski definition) is 0. The zero-order valence-corrected chi connectivity index (χ0v) is 8.70. The molecule has 0 unspecified atom stereocenters. The Hall–Kier alpha value is -1.63. The van der Waals surface area contributed by atoms with E-state index in [-0.39, 0.29) is 0 Å². The molecule has 1 nitrogen and oxygen atoms in total. The molecule has 0 saturated carbocycles. The van der Waals surface area contributed by atoms with E-state index in [1.807, 2.05) is 25.1 Å². The summed E-state index contributed by atoms with van der Waals surface area (Å²) in [5, 5.41) is 0. The van der Waals surface area contributed by atoms with Crippen molar-refractivity contribution in [2.45, 2.75) is 13.8 Å². The topological polar surface area (TPSA) is 12.4 Å². The molecule has 14 heavy (non-hydrogen) atoms. The first-order chi connectivity index (χ1) is 6.77. The number of hydrogen-bond acceptors (Lipinski definition) is 1. The van der Waals surface area contributed by atoms with Gasteiger partial charge in [-0.3, -0.25) is 4.99 Å². The predicted molar refractivity (Wildman–Crippen MR) is 64.2 cm³/mol. The van der Waals surface area contributed by atoms with Crippen LogP contribution < -0.4 is 0 Å². The molecule has 0 fully saturated rings. The highest BCUT2D eigenvalue weighted by Crippen LogP contribution is 2.21. The van der Waals surface area contributed by atoms with Gasteiger partial charge in [-0.2, -0.15) is 0 Å². The summed E-state index contributed by atoms with van der Waals surface area (Å²) in [5.74, 6) is 0. The molecule has 1 heteroatoms. The summed E-state index contributed by atoms with van der Waals surface area (Å²) in [6.07, 6.45) is 7.50. The van der Waals surface area contributed by atoms with Crippen molar-refractivity contribution in [3.05, 3.63) is 48.1 Å². The summed E-state index contributed by atoms with van der Waals surface area (Å²) in [4.78, 5) is 4.29. The van der Waals surface area contributed by atoms with Crippen LogP contribution in [0, 0.1) is 6.92 Å². The van der Waals surface area contributed by atoms with Gasteiger partial charge in [0.1, 0.15) is 0 Å². The van der Waals surface area contributed by atoms with Gasteiger partial charge >= 0.3 is 0 Å². The maximum Gasteiger partial charge on any atom is 0.0698 e. The molecular formula is C13H15N. The lowest BCUT2D eigenvalue weighted by Gasteiger charge is -2.01. The molecule has 72 valence electrons. The Kier molecular flexibility index (Phi) is 3.86. The van der Waals surface area contributed by atoms with Crippen LogP contribution in [0.1, 0.15) is 18.1 Å². The Bertz CT molecular complexity index is 373. The molecule has 0 amide bonds. The lowest BCUT2D eigenvalue weighted by Crippen LogP contribution is -1.78. The number of aliphatic imine (C=N–C) groups is 1. The number of nitrogens with zero attached hydrogens (tertiary/aromatic N) is 1. The monoisotopic (exact) mass is 185 g/mol. The third-order valence-electron chi connectivity index (χ3n) is 1.86. The molecule has 0 aromatic heterocycles. The fourth-order valence-electron chi connectivity index (χ4n) is 1.24. The van der Waals surface area contributed by atoms with E-state index in [1.54, 1.807) is 12.3 Å². The van der Waals surface area contributed by atoms with Crippen molar-refractivity contribution >= 4 is 18.0 Å². The van der Waals surface area contributed by atoms with Crippen LogP contribution in [0.2, 0.25) is 0 Å². The summed E-state index contributed by atoms with van der Waals surface area (Å²) in [6.45, 7) is 7.64. The normalized spacial score (nSPS) is 11.3. The Morgan fingerprint density at radius 2 is 2.14 bits per heavy atom. The van der Waals surface area contributed by atoms with Crippen LogP contribution in [0.3, 0.4) is 0 Å². The van der Waals surface area contributed by atoms with Crippen LogP contribution in [0.25, 0.3) is 6.08 Å². The van der Waals surface area contributed by atoms with E-state index in [4.69, 9.17) is 0 Å². The van der Waals surface area contributed by atoms with Crippen LogP contribution in [-0.2, 0) is 0 Å². The van der Waals surface area contributed by atoms with Gasteiger partial charge in [-0.05, 0) is 26.0 Å². The highest BCUT2D eigenvalue weighted by atomic mass is 14.7. The molecular weight excluding hydrogens is 170 g/mol. The average molecular weight is 185 g/mol. The minimum absolute atomic E-state index is 0.996. The third-order valence-corrected chi connectivity index (χ3v) is 1.86. The van der Waals surface area contributed by atoms with Crippen molar-refractivity contribution in [1.29, 1.82) is 0 Å². The number of rotatable bonds is 3. The molecule has 1 aromatic carbocycles. The van der Waals surface area contributed by atoms with E-state index >= 15 is 0 Å². The third kappa shape index (κ3) is 2.70. The molecule has 0 saturated heterocycles. The van der Waals surface area contributed by atoms with E-state index in [2.05, 4.69) is 30.6 Å². The molecule has 0 N–H and O–H groups in total. The van der Waals surface area contributed by atoms with Gasteiger partial charge in [0.25, 0.3) is 0 Å². The van der Waals surface area contributed by atoms with Gasteiger partial charge in [0, 0.05) is 11.8 Å². The molecule has 0 aliphatic carbocycles. The Morgan fingerprint density at radius 3 is 2.79 bits per heavy atom. The highest BCUT2D eigenvalue weighted by Gasteiger charge is 1.96. The molecule has 0 aliphatic rings. The van der Waals surface area contributed by atoms with Crippen molar-refractivity contribution in [3.63, 3.8) is 0 Å². The average Bonchev–Trinajstić information content (AvgIpc) is 2.18. The summed E-state index contributed by atoms with van der Waals surface area (Å²) in [5.41, 5.74) is 3.36. The van der Waals surface area contributed by atoms with Crippen molar-refractivity contribution in [3.8, 4) is 0 Å². The summed E-state index contributed by atoms with van der Waals surface area (Å²) in [6, 6.07) is 6.20. The number of aryl methyl sites for hydroxylation is 1. The zero-order valence-electron chi connectivity index (χ0n) is 8.70. The van der Waals surface area contributed by atoms with Crippen molar-refractivity contribution in [2.24, 2.45) is 4.99 Å². The van der Waals surface area contributed by atoms with Crippen LogP contribution in [-0.4, -0.2) is 6.21 Å². The Balaban J connectivity index is 3.14. The molecule has 0 spiro atoms. The molecule has 0 aliphatic heterocycles. The maximum absolute atomic E-state index is 4.29. The minimum Gasteiger partial charge on any atom is -0.261 e. The molecule has 0 bridgehead atoms.